The number of rotatable bonds is 4. The van der Waals surface area contributed by atoms with Crippen LogP contribution in [0.25, 0.3) is 0 Å². The molecule has 0 saturated heterocycles. The number of aliphatic hydroxyl groups is 1. The second-order valence-corrected chi connectivity index (χ2v) is 3.39. The van der Waals surface area contributed by atoms with Gasteiger partial charge >= 0.3 is 0 Å². The van der Waals surface area contributed by atoms with Crippen molar-refractivity contribution in [1.82, 2.24) is 0 Å². The van der Waals surface area contributed by atoms with Crippen LogP contribution in [-0.2, 0) is 0 Å². The number of aliphatic hydroxyl groups excluding tert-OH is 1. The first kappa shape index (κ1) is 10.9. The first-order valence-corrected chi connectivity index (χ1v) is 4.61. The zero-order valence-electron chi connectivity index (χ0n) is 7.14. The van der Waals surface area contributed by atoms with Crippen molar-refractivity contribution in [2.24, 2.45) is 0 Å². The van der Waals surface area contributed by atoms with E-state index in [1.54, 1.807) is 6.07 Å². The van der Waals surface area contributed by atoms with E-state index in [0.717, 1.165) is 0 Å². The Bertz CT molecular complexity index is 342. The van der Waals surface area contributed by atoms with Crippen molar-refractivity contribution in [1.29, 1.82) is 0 Å². The van der Waals surface area contributed by atoms with Crippen LogP contribution in [0.2, 0.25) is 0 Å². The highest BCUT2D eigenvalue weighted by Crippen LogP contribution is 2.25. The van der Waals surface area contributed by atoms with Gasteiger partial charge in [-0.3, -0.25) is 10.1 Å². The lowest BCUT2D eigenvalue weighted by Gasteiger charge is -2.03. The second-order valence-electron chi connectivity index (χ2n) is 2.47. The van der Waals surface area contributed by atoms with Gasteiger partial charge in [-0.15, -0.1) is 0 Å². The van der Waals surface area contributed by atoms with Crippen LogP contribution in [0.3, 0.4) is 0 Å². The average Bonchev–Trinajstić information content (AvgIpc) is 2.14. The highest BCUT2D eigenvalue weighted by atomic mass is 79.9. The number of benzene rings is 1. The number of hydrogen-bond donors (Lipinski definition) is 1. The minimum atomic E-state index is -0.503. The molecule has 76 valence electrons. The van der Waals surface area contributed by atoms with Gasteiger partial charge < -0.3 is 9.84 Å². The predicted molar refractivity (Wildman–Crippen MR) is 53.4 cm³/mol. The molecule has 0 unspecified atom stereocenters. The molecule has 0 saturated carbocycles. The van der Waals surface area contributed by atoms with Crippen molar-refractivity contribution < 1.29 is 14.8 Å². The molecule has 0 aliphatic carbocycles. The summed E-state index contributed by atoms with van der Waals surface area (Å²) in [5.41, 5.74) is -0.0488. The van der Waals surface area contributed by atoms with E-state index in [1.807, 2.05) is 0 Å². The third-order valence-electron chi connectivity index (χ3n) is 1.43. The Morgan fingerprint density at radius 3 is 2.79 bits per heavy atom. The summed E-state index contributed by atoms with van der Waals surface area (Å²) >= 11 is 3.13. The van der Waals surface area contributed by atoms with Crippen LogP contribution in [0, 0.1) is 10.1 Å². The SMILES string of the molecule is O=[N+]([O-])c1cc(Br)cc(OCCO)c1. The number of halogens is 1. The monoisotopic (exact) mass is 261 g/mol. The summed E-state index contributed by atoms with van der Waals surface area (Å²) in [6, 6.07) is 4.29. The maximum absolute atomic E-state index is 10.5. The Morgan fingerprint density at radius 1 is 1.50 bits per heavy atom. The Labute approximate surface area is 88.6 Å². The molecule has 1 aromatic rings. The Morgan fingerprint density at radius 2 is 2.21 bits per heavy atom. The molecular formula is C8H8BrNO4. The number of nitro groups is 1. The van der Waals surface area contributed by atoms with Crippen LogP contribution in [0.15, 0.2) is 22.7 Å². The third-order valence-corrected chi connectivity index (χ3v) is 1.88. The number of non-ortho nitro benzene ring substituents is 1. The second kappa shape index (κ2) is 4.92. The van der Waals surface area contributed by atoms with Crippen LogP contribution in [0.1, 0.15) is 0 Å². The van der Waals surface area contributed by atoms with Crippen molar-refractivity contribution in [3.05, 3.63) is 32.8 Å². The lowest BCUT2D eigenvalue weighted by Crippen LogP contribution is -2.02. The smallest absolute Gasteiger partial charge is 0.274 e. The summed E-state index contributed by atoms with van der Waals surface area (Å²) in [5.74, 6) is 0.361. The van der Waals surface area contributed by atoms with Gasteiger partial charge in [-0.25, -0.2) is 0 Å². The topological polar surface area (TPSA) is 72.6 Å². The summed E-state index contributed by atoms with van der Waals surface area (Å²) in [6.07, 6.45) is 0. The molecule has 0 aliphatic heterocycles. The fraction of sp³-hybridized carbons (Fsp3) is 0.250. The molecule has 1 N–H and O–H groups in total. The molecule has 0 aliphatic rings. The molecule has 0 aromatic heterocycles. The third kappa shape index (κ3) is 2.97. The molecular weight excluding hydrogens is 254 g/mol. The zero-order chi connectivity index (χ0) is 10.6. The van der Waals surface area contributed by atoms with Crippen molar-refractivity contribution >= 4 is 21.6 Å². The number of hydrogen-bond acceptors (Lipinski definition) is 4. The minimum absolute atomic E-state index is 0.0488. The predicted octanol–water partition coefficient (Wildman–Crippen LogP) is 1.73. The van der Waals surface area contributed by atoms with Gasteiger partial charge in [0.15, 0.2) is 0 Å². The zero-order valence-corrected chi connectivity index (χ0v) is 8.73. The van der Waals surface area contributed by atoms with E-state index in [4.69, 9.17) is 9.84 Å². The van der Waals surface area contributed by atoms with E-state index in [2.05, 4.69) is 15.9 Å². The fourth-order valence-electron chi connectivity index (χ4n) is 0.900. The molecule has 14 heavy (non-hydrogen) atoms. The van der Waals surface area contributed by atoms with E-state index in [1.165, 1.54) is 12.1 Å². The first-order chi connectivity index (χ1) is 6.63. The number of nitro benzene ring substituents is 1. The summed E-state index contributed by atoms with van der Waals surface area (Å²) in [5, 5.41) is 19.0. The number of ether oxygens (including phenoxy) is 1. The maximum atomic E-state index is 10.5. The highest BCUT2D eigenvalue weighted by molar-refractivity contribution is 9.10. The summed E-state index contributed by atoms with van der Waals surface area (Å²) < 4.78 is 5.61. The van der Waals surface area contributed by atoms with Crippen molar-refractivity contribution in [2.45, 2.75) is 0 Å². The van der Waals surface area contributed by atoms with Gasteiger partial charge in [0.25, 0.3) is 5.69 Å². The summed E-state index contributed by atoms with van der Waals surface area (Å²) in [4.78, 5) is 9.96. The van der Waals surface area contributed by atoms with Crippen molar-refractivity contribution in [3.8, 4) is 5.75 Å². The summed E-state index contributed by atoms with van der Waals surface area (Å²) in [6.45, 7) is -0.00603. The fourth-order valence-corrected chi connectivity index (χ4v) is 1.36. The van der Waals surface area contributed by atoms with Gasteiger partial charge in [-0.05, 0) is 6.07 Å². The molecule has 0 spiro atoms. The lowest BCUT2D eigenvalue weighted by atomic mass is 10.3. The van der Waals surface area contributed by atoms with E-state index in [-0.39, 0.29) is 18.9 Å². The van der Waals surface area contributed by atoms with Crippen molar-refractivity contribution in [3.63, 3.8) is 0 Å². The minimum Gasteiger partial charge on any atom is -0.491 e. The molecule has 0 atom stereocenters. The largest absolute Gasteiger partial charge is 0.491 e. The molecule has 0 fully saturated rings. The molecule has 0 radical (unpaired) electrons. The van der Waals surface area contributed by atoms with Crippen molar-refractivity contribution in [2.75, 3.05) is 13.2 Å². The maximum Gasteiger partial charge on any atom is 0.274 e. The van der Waals surface area contributed by atoms with Crippen LogP contribution < -0.4 is 4.74 Å². The highest BCUT2D eigenvalue weighted by Gasteiger charge is 2.08. The van der Waals surface area contributed by atoms with E-state index >= 15 is 0 Å². The standard InChI is InChI=1S/C8H8BrNO4/c9-6-3-7(10(12)13)5-8(4-6)14-2-1-11/h3-5,11H,1-2H2. The quantitative estimate of drug-likeness (QED) is 0.662. The first-order valence-electron chi connectivity index (χ1n) is 3.82. The van der Waals surface area contributed by atoms with Crippen LogP contribution in [0.5, 0.6) is 5.75 Å². The molecule has 6 heteroatoms. The normalized spacial score (nSPS) is 9.86. The number of nitrogens with zero attached hydrogens (tertiary/aromatic N) is 1. The van der Waals surface area contributed by atoms with E-state index in [0.29, 0.717) is 10.2 Å². The lowest BCUT2D eigenvalue weighted by molar-refractivity contribution is -0.385. The molecule has 0 heterocycles. The molecule has 0 bridgehead atoms. The summed E-state index contributed by atoms with van der Waals surface area (Å²) in [7, 11) is 0. The average molecular weight is 262 g/mol. The van der Waals surface area contributed by atoms with Gasteiger partial charge in [-0.2, -0.15) is 0 Å². The van der Waals surface area contributed by atoms with Gasteiger partial charge in [0.2, 0.25) is 0 Å². The van der Waals surface area contributed by atoms with Gasteiger partial charge in [0, 0.05) is 10.5 Å². The van der Waals surface area contributed by atoms with Crippen LogP contribution in [-0.4, -0.2) is 23.2 Å². The molecule has 5 nitrogen and oxygen atoms in total. The Hall–Kier alpha value is -1.14. The van der Waals surface area contributed by atoms with Gasteiger partial charge in [-0.1, -0.05) is 15.9 Å². The molecule has 1 aromatic carbocycles. The molecule has 1 rings (SSSR count). The van der Waals surface area contributed by atoms with E-state index < -0.39 is 4.92 Å². The Balaban J connectivity index is 2.89. The Kier molecular flexibility index (Phi) is 3.84. The van der Waals surface area contributed by atoms with Crippen LogP contribution >= 0.6 is 15.9 Å². The molecule has 0 amide bonds. The van der Waals surface area contributed by atoms with Crippen LogP contribution in [0.4, 0.5) is 5.69 Å². The van der Waals surface area contributed by atoms with Gasteiger partial charge in [0.1, 0.15) is 12.4 Å². The van der Waals surface area contributed by atoms with E-state index in [9.17, 15) is 10.1 Å². The van der Waals surface area contributed by atoms with Gasteiger partial charge in [0.05, 0.1) is 17.6 Å².